The number of hydrogen-bond acceptors (Lipinski definition) is 2. The van der Waals surface area contributed by atoms with E-state index in [0.717, 1.165) is 12.8 Å². The lowest BCUT2D eigenvalue weighted by atomic mass is 9.67. The second-order valence-corrected chi connectivity index (χ2v) is 6.60. The number of benzene rings is 1. The molecule has 0 saturated carbocycles. The van der Waals surface area contributed by atoms with Crippen molar-refractivity contribution in [1.29, 1.82) is 0 Å². The molecule has 1 fully saturated rings. The first-order valence-electron chi connectivity index (χ1n) is 7.36. The summed E-state index contributed by atoms with van der Waals surface area (Å²) in [5, 5.41) is 0. The first-order chi connectivity index (χ1) is 9.36. The quantitative estimate of drug-likeness (QED) is 0.588. The maximum atomic E-state index is 6.18. The van der Waals surface area contributed by atoms with Crippen LogP contribution >= 0.6 is 0 Å². The fraction of sp³-hybridized carbons (Fsp3) is 0.529. The van der Waals surface area contributed by atoms with Crippen molar-refractivity contribution in [3.05, 3.63) is 48.6 Å². The van der Waals surface area contributed by atoms with Gasteiger partial charge in [-0.1, -0.05) is 36.4 Å². The van der Waals surface area contributed by atoms with Crippen LogP contribution in [0.2, 0.25) is 5.82 Å². The highest BCUT2D eigenvalue weighted by molar-refractivity contribution is 6.47. The van der Waals surface area contributed by atoms with Crippen molar-refractivity contribution in [2.24, 2.45) is 0 Å². The zero-order valence-corrected chi connectivity index (χ0v) is 13.1. The first kappa shape index (κ1) is 15.3. The van der Waals surface area contributed by atoms with E-state index in [4.69, 9.17) is 9.31 Å². The molecule has 1 unspecified atom stereocenters. The normalized spacial score (nSPS) is 21.7. The van der Waals surface area contributed by atoms with Crippen LogP contribution in [-0.2, 0) is 15.7 Å². The van der Waals surface area contributed by atoms with Crippen molar-refractivity contribution in [2.45, 2.75) is 57.6 Å². The molecule has 1 atom stereocenters. The van der Waals surface area contributed by atoms with Crippen LogP contribution in [-0.4, -0.2) is 18.3 Å². The SMILES string of the molecule is C=CCC(Cc1ccccc1)B1OC(C)(C)C(C)(C)O1. The van der Waals surface area contributed by atoms with Crippen LogP contribution in [0.4, 0.5) is 0 Å². The smallest absolute Gasteiger partial charge is 0.403 e. The molecule has 3 heteroatoms. The maximum absolute atomic E-state index is 6.18. The van der Waals surface area contributed by atoms with Crippen molar-refractivity contribution in [3.8, 4) is 0 Å². The number of allylic oxidation sites excluding steroid dienone is 1. The molecule has 0 amide bonds. The van der Waals surface area contributed by atoms with E-state index in [0.29, 0.717) is 5.82 Å². The Balaban J connectivity index is 2.12. The summed E-state index contributed by atoms with van der Waals surface area (Å²) < 4.78 is 12.4. The predicted octanol–water partition coefficient (Wildman–Crippen LogP) is 4.27. The molecule has 108 valence electrons. The summed E-state index contributed by atoms with van der Waals surface area (Å²) in [5.74, 6) is 0.302. The third-order valence-corrected chi connectivity index (χ3v) is 4.47. The summed E-state index contributed by atoms with van der Waals surface area (Å²) in [4.78, 5) is 0. The van der Waals surface area contributed by atoms with Crippen LogP contribution in [0.15, 0.2) is 43.0 Å². The van der Waals surface area contributed by atoms with E-state index >= 15 is 0 Å². The van der Waals surface area contributed by atoms with Gasteiger partial charge in [0.15, 0.2) is 0 Å². The molecule has 0 aliphatic carbocycles. The van der Waals surface area contributed by atoms with Crippen molar-refractivity contribution >= 4 is 7.12 Å². The van der Waals surface area contributed by atoms with E-state index in [1.54, 1.807) is 0 Å². The largest absolute Gasteiger partial charge is 0.461 e. The van der Waals surface area contributed by atoms with Gasteiger partial charge in [-0.2, -0.15) is 0 Å². The topological polar surface area (TPSA) is 18.5 Å². The molecule has 1 aliphatic rings. The standard InChI is InChI=1S/C17H25BO2/c1-6-10-15(13-14-11-8-7-9-12-14)18-19-16(2,3)17(4,5)20-18/h6-9,11-12,15H,1,10,13H2,2-5H3. The zero-order chi connectivity index (χ0) is 14.8. The molecule has 2 nitrogen and oxygen atoms in total. The van der Waals surface area contributed by atoms with Crippen LogP contribution in [0.25, 0.3) is 0 Å². The van der Waals surface area contributed by atoms with E-state index < -0.39 is 0 Å². The van der Waals surface area contributed by atoms with Crippen LogP contribution in [0.1, 0.15) is 39.7 Å². The Hall–Kier alpha value is -1.06. The predicted molar refractivity (Wildman–Crippen MR) is 84.8 cm³/mol. The zero-order valence-electron chi connectivity index (χ0n) is 13.1. The molecule has 0 radical (unpaired) electrons. The van der Waals surface area contributed by atoms with Gasteiger partial charge < -0.3 is 9.31 Å². The van der Waals surface area contributed by atoms with Gasteiger partial charge in [0.1, 0.15) is 0 Å². The van der Waals surface area contributed by atoms with E-state index in [9.17, 15) is 0 Å². The molecular weight excluding hydrogens is 247 g/mol. The van der Waals surface area contributed by atoms with Gasteiger partial charge in [0.05, 0.1) is 11.2 Å². The van der Waals surface area contributed by atoms with E-state index in [1.165, 1.54) is 5.56 Å². The number of hydrogen-bond donors (Lipinski definition) is 0. The van der Waals surface area contributed by atoms with Crippen LogP contribution in [0, 0.1) is 0 Å². The van der Waals surface area contributed by atoms with Gasteiger partial charge in [0.25, 0.3) is 0 Å². The maximum Gasteiger partial charge on any atom is 0.461 e. The van der Waals surface area contributed by atoms with Gasteiger partial charge in [0.2, 0.25) is 0 Å². The molecule has 0 aromatic heterocycles. The minimum Gasteiger partial charge on any atom is -0.403 e. The second-order valence-electron chi connectivity index (χ2n) is 6.60. The molecule has 1 heterocycles. The fourth-order valence-corrected chi connectivity index (χ4v) is 2.50. The lowest BCUT2D eigenvalue weighted by Crippen LogP contribution is -2.41. The van der Waals surface area contributed by atoms with E-state index in [-0.39, 0.29) is 18.3 Å². The minimum atomic E-state index is -0.270. The Morgan fingerprint density at radius 1 is 1.10 bits per heavy atom. The molecule has 0 spiro atoms. The fourth-order valence-electron chi connectivity index (χ4n) is 2.50. The Labute approximate surface area is 123 Å². The summed E-state index contributed by atoms with van der Waals surface area (Å²) in [6, 6.07) is 10.5. The minimum absolute atomic E-state index is 0.168. The third-order valence-electron chi connectivity index (χ3n) is 4.47. The van der Waals surface area contributed by atoms with Gasteiger partial charge in [-0.05, 0) is 46.1 Å². The second kappa shape index (κ2) is 5.75. The first-order valence-corrected chi connectivity index (χ1v) is 7.36. The molecule has 1 aliphatic heterocycles. The molecule has 1 saturated heterocycles. The molecule has 1 aromatic rings. The summed E-state index contributed by atoms with van der Waals surface area (Å²) in [5.41, 5.74) is 0.774. The van der Waals surface area contributed by atoms with Crippen molar-refractivity contribution in [1.82, 2.24) is 0 Å². The van der Waals surface area contributed by atoms with Crippen LogP contribution < -0.4 is 0 Å². The Kier molecular flexibility index (Phi) is 4.41. The lowest BCUT2D eigenvalue weighted by molar-refractivity contribution is 0.00578. The highest BCUT2D eigenvalue weighted by Crippen LogP contribution is 2.41. The van der Waals surface area contributed by atoms with Crippen LogP contribution in [0.3, 0.4) is 0 Å². The molecule has 0 N–H and O–H groups in total. The van der Waals surface area contributed by atoms with Gasteiger partial charge in [-0.3, -0.25) is 0 Å². The summed E-state index contributed by atoms with van der Waals surface area (Å²) in [7, 11) is -0.168. The van der Waals surface area contributed by atoms with E-state index in [2.05, 4.69) is 58.5 Å². The summed E-state index contributed by atoms with van der Waals surface area (Å²) in [6.07, 6.45) is 3.80. The molecule has 1 aromatic carbocycles. The summed E-state index contributed by atoms with van der Waals surface area (Å²) in [6.45, 7) is 12.3. The monoisotopic (exact) mass is 272 g/mol. The van der Waals surface area contributed by atoms with Crippen molar-refractivity contribution < 1.29 is 9.31 Å². The highest BCUT2D eigenvalue weighted by Gasteiger charge is 2.53. The molecule has 20 heavy (non-hydrogen) atoms. The van der Waals surface area contributed by atoms with E-state index in [1.807, 2.05) is 12.1 Å². The van der Waals surface area contributed by atoms with Crippen molar-refractivity contribution in [3.63, 3.8) is 0 Å². The average Bonchev–Trinajstić information content (AvgIpc) is 2.59. The highest BCUT2D eigenvalue weighted by atomic mass is 16.7. The van der Waals surface area contributed by atoms with Crippen molar-refractivity contribution in [2.75, 3.05) is 0 Å². The van der Waals surface area contributed by atoms with Crippen LogP contribution in [0.5, 0.6) is 0 Å². The van der Waals surface area contributed by atoms with Gasteiger partial charge in [-0.15, -0.1) is 6.58 Å². The van der Waals surface area contributed by atoms with Gasteiger partial charge in [0, 0.05) is 5.82 Å². The lowest BCUT2D eigenvalue weighted by Gasteiger charge is -2.32. The molecular formula is C17H25BO2. The van der Waals surface area contributed by atoms with Gasteiger partial charge >= 0.3 is 7.12 Å². The molecule has 0 bridgehead atoms. The Morgan fingerprint density at radius 2 is 1.65 bits per heavy atom. The average molecular weight is 272 g/mol. The third kappa shape index (κ3) is 3.16. The Bertz CT molecular complexity index is 437. The molecule has 2 rings (SSSR count). The Morgan fingerprint density at radius 3 is 2.15 bits per heavy atom. The van der Waals surface area contributed by atoms with Gasteiger partial charge in [-0.25, -0.2) is 0 Å². The summed E-state index contributed by atoms with van der Waals surface area (Å²) >= 11 is 0. The number of rotatable bonds is 5.